The fourth-order valence-electron chi connectivity index (χ4n) is 4.79. The summed E-state index contributed by atoms with van der Waals surface area (Å²) in [4.78, 5) is 17.5. The number of aryl methyl sites for hydroxylation is 1. The molecule has 0 aliphatic heterocycles. The van der Waals surface area contributed by atoms with E-state index in [1.165, 1.54) is 17.5 Å². The van der Waals surface area contributed by atoms with Crippen LogP contribution in [-0.4, -0.2) is 17.3 Å². The van der Waals surface area contributed by atoms with Gasteiger partial charge in [0.25, 0.3) is 0 Å². The third kappa shape index (κ3) is 4.02. The first-order chi connectivity index (χ1) is 15.1. The summed E-state index contributed by atoms with van der Waals surface area (Å²) in [5, 5.41) is 15.5. The molecule has 0 saturated heterocycles. The number of carboxylic acids is 1. The van der Waals surface area contributed by atoms with Crippen LogP contribution in [0.4, 0.5) is 0 Å². The molecule has 1 aliphatic rings. The molecular formula is C28H31NO3. The maximum atomic E-state index is 11.8. The lowest BCUT2D eigenvalue weighted by atomic mass is 9.63. The van der Waals surface area contributed by atoms with Gasteiger partial charge < -0.3 is 9.94 Å². The molecular weight excluding hydrogens is 398 g/mol. The van der Waals surface area contributed by atoms with Crippen LogP contribution < -0.4 is 4.84 Å². The van der Waals surface area contributed by atoms with E-state index in [9.17, 15) is 9.90 Å². The van der Waals surface area contributed by atoms with Crippen LogP contribution in [0.1, 0.15) is 80.1 Å². The standard InChI is InChI=1S/C28H31NO3/c1-6-19-8-9-20-15-18(7-11-22(20)25(19)26(30)31)17-29-32-21-10-12-23-24(16-21)28(4,5)14-13-27(23,2)3/h7-12,15-17H,6,13-14H2,1-5H3,(H,30,31). The zero-order chi connectivity index (χ0) is 23.1. The van der Waals surface area contributed by atoms with Gasteiger partial charge in [-0.25, -0.2) is 4.79 Å². The Balaban J connectivity index is 1.59. The molecule has 0 unspecified atom stereocenters. The largest absolute Gasteiger partial charge is 0.478 e. The molecule has 0 saturated carbocycles. The van der Waals surface area contributed by atoms with Crippen LogP contribution >= 0.6 is 0 Å². The van der Waals surface area contributed by atoms with Gasteiger partial charge in [-0.05, 0) is 81.3 Å². The van der Waals surface area contributed by atoms with Crippen LogP contribution in [0, 0.1) is 0 Å². The zero-order valence-electron chi connectivity index (χ0n) is 19.5. The maximum absolute atomic E-state index is 11.8. The molecule has 0 heterocycles. The summed E-state index contributed by atoms with van der Waals surface area (Å²) >= 11 is 0. The Labute approximate surface area is 189 Å². The smallest absolute Gasteiger partial charge is 0.336 e. The number of carboxylic acid groups (broad SMARTS) is 1. The molecule has 1 aliphatic carbocycles. The Morgan fingerprint density at radius 1 is 1.00 bits per heavy atom. The first kappa shape index (κ1) is 22.1. The van der Waals surface area contributed by atoms with Gasteiger partial charge in [0, 0.05) is 0 Å². The number of nitrogens with zero attached hydrogens (tertiary/aromatic N) is 1. The number of fused-ring (bicyclic) bond motifs is 2. The fourth-order valence-corrected chi connectivity index (χ4v) is 4.79. The van der Waals surface area contributed by atoms with Crippen molar-refractivity contribution in [1.29, 1.82) is 0 Å². The quantitative estimate of drug-likeness (QED) is 0.356. The minimum Gasteiger partial charge on any atom is -0.478 e. The second-order valence-corrected chi connectivity index (χ2v) is 10.0. The van der Waals surface area contributed by atoms with Crippen molar-refractivity contribution in [3.05, 3.63) is 76.3 Å². The van der Waals surface area contributed by atoms with Crippen molar-refractivity contribution in [2.75, 3.05) is 0 Å². The predicted molar refractivity (Wildman–Crippen MR) is 130 cm³/mol. The summed E-state index contributed by atoms with van der Waals surface area (Å²) in [7, 11) is 0. The highest BCUT2D eigenvalue weighted by atomic mass is 16.6. The summed E-state index contributed by atoms with van der Waals surface area (Å²) in [6.45, 7) is 11.2. The van der Waals surface area contributed by atoms with Crippen LogP contribution in [0.25, 0.3) is 10.8 Å². The normalized spacial score (nSPS) is 16.8. The molecule has 0 radical (unpaired) electrons. The SMILES string of the molecule is CCc1ccc2cc(C=NOc3ccc4c(c3)C(C)(C)CCC4(C)C)ccc2c1C(=O)O. The molecule has 4 nitrogen and oxygen atoms in total. The van der Waals surface area contributed by atoms with Crippen molar-refractivity contribution >= 4 is 23.0 Å². The average Bonchev–Trinajstić information content (AvgIpc) is 2.76. The molecule has 0 spiro atoms. The first-order valence-corrected chi connectivity index (χ1v) is 11.3. The fraction of sp³-hybridized carbons (Fsp3) is 0.357. The third-order valence-electron chi connectivity index (χ3n) is 6.91. The number of carbonyl (C=O) groups is 1. The van der Waals surface area contributed by atoms with Gasteiger partial charge in [0.1, 0.15) is 0 Å². The molecule has 0 atom stereocenters. The maximum Gasteiger partial charge on any atom is 0.336 e. The van der Waals surface area contributed by atoms with Gasteiger partial charge in [-0.15, -0.1) is 0 Å². The highest BCUT2D eigenvalue weighted by Crippen LogP contribution is 2.46. The Bertz CT molecular complexity index is 1220. The van der Waals surface area contributed by atoms with E-state index < -0.39 is 5.97 Å². The second kappa shape index (κ2) is 8.09. The van der Waals surface area contributed by atoms with E-state index in [-0.39, 0.29) is 10.8 Å². The molecule has 4 rings (SSSR count). The van der Waals surface area contributed by atoms with Crippen molar-refractivity contribution in [3.8, 4) is 5.75 Å². The lowest BCUT2D eigenvalue weighted by Crippen LogP contribution is -2.33. The van der Waals surface area contributed by atoms with Gasteiger partial charge in [0.15, 0.2) is 5.75 Å². The summed E-state index contributed by atoms with van der Waals surface area (Å²) in [6.07, 6.45) is 4.68. The molecule has 32 heavy (non-hydrogen) atoms. The van der Waals surface area contributed by atoms with Crippen molar-refractivity contribution in [1.82, 2.24) is 0 Å². The summed E-state index contributed by atoms with van der Waals surface area (Å²) in [5.41, 5.74) is 5.09. The van der Waals surface area contributed by atoms with Crippen LogP contribution in [0.3, 0.4) is 0 Å². The third-order valence-corrected chi connectivity index (χ3v) is 6.91. The van der Waals surface area contributed by atoms with Crippen molar-refractivity contribution in [2.45, 2.75) is 64.7 Å². The van der Waals surface area contributed by atoms with E-state index in [1.54, 1.807) is 6.21 Å². The summed E-state index contributed by atoms with van der Waals surface area (Å²) in [6, 6.07) is 15.8. The number of oxime groups is 1. The van der Waals surface area contributed by atoms with Crippen molar-refractivity contribution in [2.24, 2.45) is 5.16 Å². The molecule has 3 aromatic carbocycles. The number of aromatic carboxylic acids is 1. The minimum absolute atomic E-state index is 0.117. The monoisotopic (exact) mass is 429 g/mol. The highest BCUT2D eigenvalue weighted by Gasteiger charge is 2.37. The van der Waals surface area contributed by atoms with Crippen molar-refractivity contribution < 1.29 is 14.7 Å². The molecule has 3 aromatic rings. The van der Waals surface area contributed by atoms with E-state index in [4.69, 9.17) is 4.84 Å². The van der Waals surface area contributed by atoms with Crippen LogP contribution in [-0.2, 0) is 17.3 Å². The first-order valence-electron chi connectivity index (χ1n) is 11.3. The number of hydrogen-bond acceptors (Lipinski definition) is 3. The Morgan fingerprint density at radius 3 is 2.41 bits per heavy atom. The number of rotatable bonds is 5. The second-order valence-electron chi connectivity index (χ2n) is 10.0. The molecule has 1 N–H and O–H groups in total. The van der Waals surface area contributed by atoms with Gasteiger partial charge in [0.2, 0.25) is 0 Å². The minimum atomic E-state index is -0.893. The predicted octanol–water partition coefficient (Wildman–Crippen LogP) is 6.86. The highest BCUT2D eigenvalue weighted by molar-refractivity contribution is 6.06. The molecule has 0 aromatic heterocycles. The summed E-state index contributed by atoms with van der Waals surface area (Å²) in [5.74, 6) is -0.164. The molecule has 4 heteroatoms. The van der Waals surface area contributed by atoms with E-state index in [0.29, 0.717) is 12.0 Å². The molecule has 0 amide bonds. The topological polar surface area (TPSA) is 58.9 Å². The van der Waals surface area contributed by atoms with Gasteiger partial charge in [-0.3, -0.25) is 0 Å². The molecule has 166 valence electrons. The van der Waals surface area contributed by atoms with Crippen molar-refractivity contribution in [3.63, 3.8) is 0 Å². The molecule has 0 bridgehead atoms. The number of hydrogen-bond donors (Lipinski definition) is 1. The van der Waals surface area contributed by atoms with Crippen LogP contribution in [0.5, 0.6) is 5.75 Å². The number of benzene rings is 3. The average molecular weight is 430 g/mol. The van der Waals surface area contributed by atoms with Gasteiger partial charge in [-0.1, -0.05) is 70.1 Å². The van der Waals surface area contributed by atoms with Crippen LogP contribution in [0.2, 0.25) is 0 Å². The van der Waals surface area contributed by atoms with E-state index in [2.05, 4.69) is 45.0 Å². The van der Waals surface area contributed by atoms with Gasteiger partial charge in [0.05, 0.1) is 11.8 Å². The van der Waals surface area contributed by atoms with E-state index >= 15 is 0 Å². The van der Waals surface area contributed by atoms with Gasteiger partial charge in [-0.2, -0.15) is 0 Å². The Hall–Kier alpha value is -3.14. The zero-order valence-corrected chi connectivity index (χ0v) is 19.5. The summed E-state index contributed by atoms with van der Waals surface area (Å²) < 4.78 is 0. The Morgan fingerprint density at radius 2 is 1.72 bits per heavy atom. The lowest BCUT2D eigenvalue weighted by molar-refractivity contribution is 0.0698. The molecule has 0 fully saturated rings. The van der Waals surface area contributed by atoms with Crippen LogP contribution in [0.15, 0.2) is 53.7 Å². The lowest BCUT2D eigenvalue weighted by Gasteiger charge is -2.41. The van der Waals surface area contributed by atoms with Gasteiger partial charge >= 0.3 is 5.97 Å². The Kier molecular flexibility index (Phi) is 5.58. The van der Waals surface area contributed by atoms with E-state index in [0.717, 1.165) is 34.1 Å². The van der Waals surface area contributed by atoms with E-state index in [1.807, 2.05) is 43.3 Å².